The Bertz CT molecular complexity index is 953. The number of methoxy groups -OCH3 is 1. The number of benzene rings is 2. The Kier molecular flexibility index (Phi) is 7.69. The molecule has 1 saturated heterocycles. The zero-order valence-electron chi connectivity index (χ0n) is 17.9. The molecule has 1 heterocycles. The van der Waals surface area contributed by atoms with Gasteiger partial charge in [-0.1, -0.05) is 30.3 Å². The van der Waals surface area contributed by atoms with Crippen LogP contribution in [0, 0.1) is 0 Å². The van der Waals surface area contributed by atoms with Gasteiger partial charge < -0.3 is 19.5 Å². The van der Waals surface area contributed by atoms with Crippen molar-refractivity contribution in [1.29, 1.82) is 0 Å². The third-order valence-electron chi connectivity index (χ3n) is 5.50. The van der Waals surface area contributed by atoms with E-state index in [1.807, 2.05) is 6.07 Å². The van der Waals surface area contributed by atoms with Gasteiger partial charge in [0.15, 0.2) is 15.4 Å². The zero-order chi connectivity index (χ0) is 22.3. The summed E-state index contributed by atoms with van der Waals surface area (Å²) in [5, 5.41) is 2.24. The van der Waals surface area contributed by atoms with Gasteiger partial charge in [-0.15, -0.1) is 0 Å². The Labute approximate surface area is 183 Å². The summed E-state index contributed by atoms with van der Waals surface area (Å²) >= 11 is 0. The number of carbonyl (C=O) groups excluding carboxylic acids is 1. The number of carbonyl (C=O) groups is 1. The van der Waals surface area contributed by atoms with Crippen LogP contribution in [0.3, 0.4) is 0 Å². The van der Waals surface area contributed by atoms with Crippen molar-refractivity contribution in [1.82, 2.24) is 5.32 Å². The third-order valence-corrected chi connectivity index (χ3v) is 7.59. The molecule has 2 aromatic carbocycles. The van der Waals surface area contributed by atoms with Crippen molar-refractivity contribution >= 4 is 15.8 Å². The fraction of sp³-hybridized carbons (Fsp3) is 0.435. The van der Waals surface area contributed by atoms with Crippen molar-refractivity contribution in [3.8, 4) is 5.75 Å². The van der Waals surface area contributed by atoms with Crippen LogP contribution in [0.25, 0.3) is 0 Å². The third kappa shape index (κ3) is 5.26. The molecule has 0 saturated carbocycles. The van der Waals surface area contributed by atoms with E-state index in [9.17, 15) is 13.2 Å². The Balaban J connectivity index is 1.93. The standard InChI is InChI=1S/C23H29NO6S/c1-3-29-22(25)23(13-15-24-16-14-23)30-17-21(18-7-5-4-6-8-18)31(26,27)20-11-9-19(28-2)10-12-20/h4-12,21,24H,3,13-17H2,1-2H3. The highest BCUT2D eigenvalue weighted by Crippen LogP contribution is 2.33. The molecule has 0 amide bonds. The van der Waals surface area contributed by atoms with Gasteiger partial charge in [-0.05, 0) is 62.7 Å². The Morgan fingerprint density at radius 3 is 2.29 bits per heavy atom. The predicted octanol–water partition coefficient (Wildman–Crippen LogP) is 2.91. The molecule has 1 N–H and O–H groups in total. The molecular formula is C23H29NO6S. The molecule has 0 radical (unpaired) electrons. The van der Waals surface area contributed by atoms with E-state index in [-0.39, 0.29) is 18.1 Å². The summed E-state index contributed by atoms with van der Waals surface area (Å²) in [6.07, 6.45) is 0.853. The van der Waals surface area contributed by atoms with Crippen LogP contribution >= 0.6 is 0 Å². The summed E-state index contributed by atoms with van der Waals surface area (Å²) < 4.78 is 43.7. The van der Waals surface area contributed by atoms with E-state index in [0.29, 0.717) is 37.2 Å². The number of hydrogen-bond acceptors (Lipinski definition) is 7. The number of rotatable bonds is 9. The number of nitrogens with one attached hydrogen (secondary N) is 1. The van der Waals surface area contributed by atoms with Crippen molar-refractivity contribution < 1.29 is 27.4 Å². The van der Waals surface area contributed by atoms with E-state index in [2.05, 4.69) is 5.32 Å². The lowest BCUT2D eigenvalue weighted by atomic mass is 9.92. The number of hydrogen-bond donors (Lipinski definition) is 1. The minimum atomic E-state index is -3.79. The highest BCUT2D eigenvalue weighted by Gasteiger charge is 2.44. The first kappa shape index (κ1) is 23.2. The SMILES string of the molecule is CCOC(=O)C1(OCC(c2ccccc2)S(=O)(=O)c2ccc(OC)cc2)CCNCC1. The average Bonchev–Trinajstić information content (AvgIpc) is 2.80. The lowest BCUT2D eigenvalue weighted by Crippen LogP contribution is -2.51. The molecule has 8 heteroatoms. The van der Waals surface area contributed by atoms with Gasteiger partial charge in [-0.25, -0.2) is 13.2 Å². The second-order valence-corrected chi connectivity index (χ2v) is 9.53. The predicted molar refractivity (Wildman–Crippen MR) is 117 cm³/mol. The first-order valence-electron chi connectivity index (χ1n) is 10.4. The summed E-state index contributed by atoms with van der Waals surface area (Å²) in [5.41, 5.74) is -0.546. The van der Waals surface area contributed by atoms with Crippen molar-refractivity contribution in [2.75, 3.05) is 33.4 Å². The fourth-order valence-corrected chi connectivity index (χ4v) is 5.30. The van der Waals surface area contributed by atoms with E-state index in [4.69, 9.17) is 14.2 Å². The Morgan fingerprint density at radius 2 is 1.71 bits per heavy atom. The first-order valence-corrected chi connectivity index (χ1v) is 11.9. The molecule has 7 nitrogen and oxygen atoms in total. The molecule has 0 spiro atoms. The topological polar surface area (TPSA) is 90.9 Å². The van der Waals surface area contributed by atoms with E-state index in [1.165, 1.54) is 19.2 Å². The number of piperidine rings is 1. The van der Waals surface area contributed by atoms with E-state index < -0.39 is 26.7 Å². The van der Waals surface area contributed by atoms with Gasteiger partial charge in [0.2, 0.25) is 0 Å². The van der Waals surface area contributed by atoms with Gasteiger partial charge in [0.05, 0.1) is 25.2 Å². The fourth-order valence-electron chi connectivity index (χ4n) is 3.70. The number of sulfone groups is 1. The molecule has 1 unspecified atom stereocenters. The van der Waals surface area contributed by atoms with Gasteiger partial charge in [0.1, 0.15) is 11.0 Å². The summed E-state index contributed by atoms with van der Waals surface area (Å²) in [5.74, 6) is 0.132. The zero-order valence-corrected chi connectivity index (χ0v) is 18.7. The van der Waals surface area contributed by atoms with Gasteiger partial charge in [0.25, 0.3) is 0 Å². The molecule has 3 rings (SSSR count). The van der Waals surface area contributed by atoms with Crippen LogP contribution in [-0.4, -0.2) is 53.4 Å². The summed E-state index contributed by atoms with van der Waals surface area (Å²) in [6, 6.07) is 15.2. The van der Waals surface area contributed by atoms with Crippen LogP contribution in [0.4, 0.5) is 0 Å². The molecule has 2 aromatic rings. The summed E-state index contributed by atoms with van der Waals surface area (Å²) in [4.78, 5) is 12.9. The molecule has 1 fully saturated rings. The van der Waals surface area contributed by atoms with Crippen LogP contribution < -0.4 is 10.1 Å². The van der Waals surface area contributed by atoms with E-state index >= 15 is 0 Å². The minimum absolute atomic E-state index is 0.156. The van der Waals surface area contributed by atoms with Gasteiger partial charge in [-0.3, -0.25) is 0 Å². The molecule has 1 atom stereocenters. The van der Waals surface area contributed by atoms with Crippen molar-refractivity contribution in [2.24, 2.45) is 0 Å². The first-order chi connectivity index (χ1) is 14.9. The molecule has 0 aromatic heterocycles. The summed E-state index contributed by atoms with van der Waals surface area (Å²) in [7, 11) is -2.27. The highest BCUT2D eigenvalue weighted by molar-refractivity contribution is 7.91. The second kappa shape index (κ2) is 10.3. The van der Waals surface area contributed by atoms with Gasteiger partial charge >= 0.3 is 5.97 Å². The molecule has 1 aliphatic heterocycles. The number of esters is 1. The van der Waals surface area contributed by atoms with E-state index in [0.717, 1.165) is 0 Å². The summed E-state index contributed by atoms with van der Waals surface area (Å²) in [6.45, 7) is 3.02. The highest BCUT2D eigenvalue weighted by atomic mass is 32.2. The maximum Gasteiger partial charge on any atom is 0.338 e. The monoisotopic (exact) mass is 447 g/mol. The minimum Gasteiger partial charge on any atom is -0.497 e. The molecule has 31 heavy (non-hydrogen) atoms. The largest absolute Gasteiger partial charge is 0.497 e. The van der Waals surface area contributed by atoms with Crippen LogP contribution in [0.1, 0.15) is 30.6 Å². The normalized spacial score (nSPS) is 17.0. The maximum absolute atomic E-state index is 13.6. The molecule has 0 aliphatic carbocycles. The molecule has 168 valence electrons. The van der Waals surface area contributed by atoms with Crippen LogP contribution in [0.2, 0.25) is 0 Å². The van der Waals surface area contributed by atoms with Crippen molar-refractivity contribution in [2.45, 2.75) is 35.5 Å². The molecule has 1 aliphatic rings. The lowest BCUT2D eigenvalue weighted by molar-refractivity contribution is -0.176. The second-order valence-electron chi connectivity index (χ2n) is 7.40. The average molecular weight is 448 g/mol. The van der Waals surface area contributed by atoms with Gasteiger partial charge in [0, 0.05) is 0 Å². The molecular weight excluding hydrogens is 418 g/mol. The Morgan fingerprint density at radius 1 is 1.06 bits per heavy atom. The van der Waals surface area contributed by atoms with Crippen LogP contribution in [0.5, 0.6) is 5.75 Å². The van der Waals surface area contributed by atoms with Crippen LogP contribution in [0.15, 0.2) is 59.5 Å². The van der Waals surface area contributed by atoms with Crippen LogP contribution in [-0.2, 0) is 24.1 Å². The maximum atomic E-state index is 13.6. The van der Waals surface area contributed by atoms with Crippen molar-refractivity contribution in [3.63, 3.8) is 0 Å². The van der Waals surface area contributed by atoms with Gasteiger partial charge in [-0.2, -0.15) is 0 Å². The lowest BCUT2D eigenvalue weighted by Gasteiger charge is -2.36. The smallest absolute Gasteiger partial charge is 0.338 e. The number of ether oxygens (including phenoxy) is 3. The quantitative estimate of drug-likeness (QED) is 0.591. The Hall–Kier alpha value is -2.42. The molecule has 0 bridgehead atoms. The van der Waals surface area contributed by atoms with Crippen molar-refractivity contribution in [3.05, 3.63) is 60.2 Å². The van der Waals surface area contributed by atoms with E-state index in [1.54, 1.807) is 43.3 Å².